The summed E-state index contributed by atoms with van der Waals surface area (Å²) in [6.07, 6.45) is 0.708. The predicted octanol–water partition coefficient (Wildman–Crippen LogP) is 1.64. The highest BCUT2D eigenvalue weighted by Gasteiger charge is 2.44. The molecule has 0 saturated heterocycles. The fraction of sp³-hybridized carbons (Fsp3) is 0.312. The van der Waals surface area contributed by atoms with Gasteiger partial charge in [-0.25, -0.2) is 0 Å². The van der Waals surface area contributed by atoms with Gasteiger partial charge in [0.15, 0.2) is 11.7 Å². The number of hydrogen-bond acceptors (Lipinski definition) is 4. The lowest BCUT2D eigenvalue weighted by molar-refractivity contribution is -0.143. The summed E-state index contributed by atoms with van der Waals surface area (Å²) in [4.78, 5) is 35.1. The van der Waals surface area contributed by atoms with Crippen molar-refractivity contribution in [1.82, 2.24) is 5.32 Å². The molecule has 0 aliphatic carbocycles. The van der Waals surface area contributed by atoms with Crippen molar-refractivity contribution in [2.24, 2.45) is 5.92 Å². The molecule has 1 aromatic carbocycles. The second kappa shape index (κ2) is 4.98. The number of carboxylic acid groups (broad SMARTS) is 1. The van der Waals surface area contributed by atoms with Gasteiger partial charge in [0.05, 0.1) is 6.04 Å². The van der Waals surface area contributed by atoms with Crippen LogP contribution in [0.4, 0.5) is 5.69 Å². The molecule has 3 rings (SSSR count). The molecule has 1 aromatic rings. The Labute approximate surface area is 127 Å². The molecular weight excluding hydrogens is 284 g/mol. The van der Waals surface area contributed by atoms with Crippen molar-refractivity contribution in [2.45, 2.75) is 26.3 Å². The van der Waals surface area contributed by atoms with Crippen LogP contribution in [-0.2, 0) is 9.59 Å². The van der Waals surface area contributed by atoms with Crippen LogP contribution in [0.15, 0.2) is 23.9 Å². The summed E-state index contributed by atoms with van der Waals surface area (Å²) < 4.78 is 0. The van der Waals surface area contributed by atoms with E-state index in [-0.39, 0.29) is 11.8 Å². The van der Waals surface area contributed by atoms with Gasteiger partial charge in [0, 0.05) is 28.1 Å². The Balaban J connectivity index is 2.22. The van der Waals surface area contributed by atoms with Gasteiger partial charge in [-0.05, 0) is 31.5 Å². The normalized spacial score (nSPS) is 22.5. The first-order chi connectivity index (χ1) is 10.4. The number of aliphatic carboxylic acids is 1. The molecule has 0 fully saturated rings. The van der Waals surface area contributed by atoms with E-state index in [1.165, 1.54) is 6.92 Å². The molecule has 0 saturated carbocycles. The highest BCUT2D eigenvalue weighted by molar-refractivity contribution is 6.15. The van der Waals surface area contributed by atoms with E-state index in [2.05, 4.69) is 10.6 Å². The van der Waals surface area contributed by atoms with Gasteiger partial charge in [0.2, 0.25) is 5.91 Å². The Hall–Kier alpha value is -2.63. The molecule has 0 radical (unpaired) electrons. The van der Waals surface area contributed by atoms with Gasteiger partial charge >= 0.3 is 5.97 Å². The Kier molecular flexibility index (Phi) is 3.24. The number of anilines is 1. The summed E-state index contributed by atoms with van der Waals surface area (Å²) in [5, 5.41) is 15.4. The average Bonchev–Trinajstić information content (AvgIpc) is 2.83. The van der Waals surface area contributed by atoms with E-state index < -0.39 is 17.8 Å². The zero-order chi connectivity index (χ0) is 16.0. The van der Waals surface area contributed by atoms with Crippen LogP contribution in [0, 0.1) is 5.92 Å². The molecule has 6 heteroatoms. The van der Waals surface area contributed by atoms with Crippen LogP contribution < -0.4 is 10.6 Å². The van der Waals surface area contributed by atoms with Crippen LogP contribution in [0.5, 0.6) is 0 Å². The van der Waals surface area contributed by atoms with Crippen molar-refractivity contribution in [3.8, 4) is 0 Å². The number of Topliss-reactive ketones (excluding diaryl/α,β-unsaturated/α-hetero) is 1. The van der Waals surface area contributed by atoms with Crippen LogP contribution in [0.1, 0.15) is 36.2 Å². The van der Waals surface area contributed by atoms with Crippen molar-refractivity contribution < 1.29 is 19.5 Å². The van der Waals surface area contributed by atoms with Gasteiger partial charge in [-0.1, -0.05) is 6.92 Å². The van der Waals surface area contributed by atoms with Crippen molar-refractivity contribution >= 4 is 28.9 Å². The molecule has 3 N–H and O–H groups in total. The van der Waals surface area contributed by atoms with Crippen LogP contribution in [0.25, 0.3) is 5.57 Å². The first kappa shape index (κ1) is 14.3. The van der Waals surface area contributed by atoms with E-state index in [4.69, 9.17) is 0 Å². The number of benzene rings is 1. The lowest BCUT2D eigenvalue weighted by atomic mass is 9.86. The monoisotopic (exact) mass is 300 g/mol. The molecule has 22 heavy (non-hydrogen) atoms. The maximum absolute atomic E-state index is 12.0. The van der Waals surface area contributed by atoms with E-state index in [1.54, 1.807) is 18.2 Å². The maximum Gasteiger partial charge on any atom is 0.320 e. The molecule has 0 spiro atoms. The van der Waals surface area contributed by atoms with Crippen LogP contribution >= 0.6 is 0 Å². The topological polar surface area (TPSA) is 95.5 Å². The Morgan fingerprint density at radius 2 is 2.05 bits per heavy atom. The van der Waals surface area contributed by atoms with E-state index in [9.17, 15) is 19.5 Å². The summed E-state index contributed by atoms with van der Waals surface area (Å²) >= 11 is 0. The largest absolute Gasteiger partial charge is 0.480 e. The number of rotatable bonds is 3. The molecule has 114 valence electrons. The van der Waals surface area contributed by atoms with Crippen LogP contribution in [0.3, 0.4) is 0 Å². The third-order valence-electron chi connectivity index (χ3n) is 4.15. The molecule has 2 unspecified atom stereocenters. The summed E-state index contributed by atoms with van der Waals surface area (Å²) in [5.74, 6) is -3.05. The third-order valence-corrected chi connectivity index (χ3v) is 4.15. The number of amides is 1. The van der Waals surface area contributed by atoms with Gasteiger partial charge < -0.3 is 15.7 Å². The minimum Gasteiger partial charge on any atom is -0.480 e. The molecule has 2 heterocycles. The minimum absolute atomic E-state index is 0.105. The number of fused-ring (bicyclic) bond motifs is 2. The second-order valence-corrected chi connectivity index (χ2v) is 5.51. The van der Waals surface area contributed by atoms with Crippen LogP contribution in [0.2, 0.25) is 0 Å². The summed E-state index contributed by atoms with van der Waals surface area (Å²) in [7, 11) is 0. The first-order valence-electron chi connectivity index (χ1n) is 7.13. The van der Waals surface area contributed by atoms with Crippen molar-refractivity contribution in [2.75, 3.05) is 5.32 Å². The quantitative estimate of drug-likeness (QED) is 0.582. The molecule has 0 bridgehead atoms. The molecular formula is C16H16N2O4. The fourth-order valence-corrected chi connectivity index (χ4v) is 3.05. The minimum atomic E-state index is -1.23. The average molecular weight is 300 g/mol. The van der Waals surface area contributed by atoms with Crippen molar-refractivity contribution in [3.05, 3.63) is 35.0 Å². The van der Waals surface area contributed by atoms with Gasteiger partial charge in [-0.15, -0.1) is 0 Å². The first-order valence-corrected chi connectivity index (χ1v) is 7.13. The zero-order valence-corrected chi connectivity index (χ0v) is 12.3. The van der Waals surface area contributed by atoms with Gasteiger partial charge in [-0.2, -0.15) is 0 Å². The Bertz CT molecular complexity index is 736. The van der Waals surface area contributed by atoms with Gasteiger partial charge in [0.25, 0.3) is 0 Å². The number of nitrogens with one attached hydrogen (secondary N) is 2. The molecule has 1 amide bonds. The fourth-order valence-electron chi connectivity index (χ4n) is 3.05. The Morgan fingerprint density at radius 1 is 1.32 bits per heavy atom. The lowest BCUT2D eigenvalue weighted by Crippen LogP contribution is -2.32. The zero-order valence-electron chi connectivity index (χ0n) is 12.3. The smallest absolute Gasteiger partial charge is 0.320 e. The van der Waals surface area contributed by atoms with Crippen molar-refractivity contribution in [1.29, 1.82) is 0 Å². The lowest BCUT2D eigenvalue weighted by Gasteiger charge is -2.28. The standard InChI is InChI=1S/C16H16N2O4/c1-3-10-14-12(13(16(21)22)15(20)18-14)9-6-8(7(2)19)4-5-11(9)17-10/h4-6,10,13,17H,3H2,1-2H3,(H,18,20)(H,21,22). The summed E-state index contributed by atoms with van der Waals surface area (Å²) in [6.45, 7) is 3.41. The van der Waals surface area contributed by atoms with E-state index in [0.29, 0.717) is 28.8 Å². The maximum atomic E-state index is 12.0. The van der Waals surface area contributed by atoms with Gasteiger partial charge in [-0.3, -0.25) is 14.4 Å². The van der Waals surface area contributed by atoms with Crippen LogP contribution in [-0.4, -0.2) is 28.8 Å². The number of hydrogen-bond donors (Lipinski definition) is 3. The molecule has 2 aliphatic heterocycles. The Morgan fingerprint density at radius 3 is 2.64 bits per heavy atom. The number of carbonyl (C=O) groups is 3. The highest BCUT2D eigenvalue weighted by atomic mass is 16.4. The summed E-state index contributed by atoms with van der Waals surface area (Å²) in [6, 6.07) is 4.98. The van der Waals surface area contributed by atoms with E-state index >= 15 is 0 Å². The number of carbonyl (C=O) groups excluding carboxylic acids is 2. The number of ketones is 1. The van der Waals surface area contributed by atoms with Gasteiger partial charge in [0.1, 0.15) is 0 Å². The molecule has 2 aliphatic rings. The molecule has 2 atom stereocenters. The molecule has 6 nitrogen and oxygen atoms in total. The second-order valence-electron chi connectivity index (χ2n) is 5.51. The van der Waals surface area contributed by atoms with E-state index in [0.717, 1.165) is 5.69 Å². The SMILES string of the molecule is CCC1Nc2ccc(C(C)=O)cc2C2=C1NC(=O)C2C(=O)O. The summed E-state index contributed by atoms with van der Waals surface area (Å²) in [5.41, 5.74) is 2.93. The predicted molar refractivity (Wildman–Crippen MR) is 80.3 cm³/mol. The molecule has 0 aromatic heterocycles. The highest BCUT2D eigenvalue weighted by Crippen LogP contribution is 2.42. The third kappa shape index (κ3) is 1.99. The van der Waals surface area contributed by atoms with Crippen molar-refractivity contribution in [3.63, 3.8) is 0 Å². The number of carboxylic acids is 1. The van der Waals surface area contributed by atoms with E-state index in [1.807, 2.05) is 6.92 Å².